The number of nitrogens with one attached hydrogen (secondary N) is 1. The van der Waals surface area contributed by atoms with Gasteiger partial charge in [-0.3, -0.25) is 0 Å². The second-order valence-electron chi connectivity index (χ2n) is 4.30. The third-order valence-electron chi connectivity index (χ3n) is 2.86. The Balaban J connectivity index is 2.30. The average molecular weight is 371 g/mol. The van der Waals surface area contributed by atoms with Crippen LogP contribution in [-0.4, -0.2) is 23.6 Å². The van der Waals surface area contributed by atoms with Crippen LogP contribution >= 0.6 is 15.9 Å². The highest BCUT2D eigenvalue weighted by Crippen LogP contribution is 2.17. The first kappa shape index (κ1) is 15.8. The van der Waals surface area contributed by atoms with E-state index < -0.39 is 10.0 Å². The van der Waals surface area contributed by atoms with Crippen molar-refractivity contribution in [3.05, 3.63) is 40.1 Å². The fraction of sp³-hybridized carbons (Fsp3) is 0.308. The molecule has 0 aliphatic rings. The molecule has 0 bridgehead atoms. The van der Waals surface area contributed by atoms with E-state index >= 15 is 0 Å². The molecule has 0 unspecified atom stereocenters. The Hall–Kier alpha value is -1.54. The van der Waals surface area contributed by atoms with E-state index in [1.165, 1.54) is 12.1 Å². The summed E-state index contributed by atoms with van der Waals surface area (Å²) in [6.45, 7) is 3.90. The Kier molecular flexibility index (Phi) is 4.89. The summed E-state index contributed by atoms with van der Waals surface area (Å²) >= 11 is 3.26. The van der Waals surface area contributed by atoms with Crippen molar-refractivity contribution < 1.29 is 8.42 Å². The van der Waals surface area contributed by atoms with Crippen molar-refractivity contribution >= 4 is 31.9 Å². The fourth-order valence-corrected chi connectivity index (χ4v) is 2.98. The van der Waals surface area contributed by atoms with Gasteiger partial charge in [0.2, 0.25) is 0 Å². The van der Waals surface area contributed by atoms with E-state index in [-0.39, 0.29) is 10.8 Å². The van der Waals surface area contributed by atoms with Crippen molar-refractivity contribution in [2.45, 2.75) is 31.6 Å². The molecule has 0 spiro atoms. The van der Waals surface area contributed by atoms with Crippen LogP contribution in [0, 0.1) is 0 Å². The monoisotopic (exact) mass is 370 g/mol. The SMILES string of the molecule is CCc1nnc(NS(=O)(=O)c2ccc(Br)cc2)nc1CC. The zero-order chi connectivity index (χ0) is 15.5. The van der Waals surface area contributed by atoms with E-state index in [0.717, 1.165) is 15.9 Å². The molecule has 2 rings (SSSR count). The quantitative estimate of drug-likeness (QED) is 0.873. The summed E-state index contributed by atoms with van der Waals surface area (Å²) < 4.78 is 27.6. The summed E-state index contributed by atoms with van der Waals surface area (Å²) in [5.74, 6) is -0.00744. The minimum absolute atomic E-state index is 0.00744. The summed E-state index contributed by atoms with van der Waals surface area (Å²) in [7, 11) is -3.71. The number of sulfonamides is 1. The molecule has 1 aromatic carbocycles. The van der Waals surface area contributed by atoms with Gasteiger partial charge in [0.25, 0.3) is 16.0 Å². The summed E-state index contributed by atoms with van der Waals surface area (Å²) in [6, 6.07) is 6.32. The number of hydrogen-bond acceptors (Lipinski definition) is 5. The minimum atomic E-state index is -3.71. The fourth-order valence-electron chi connectivity index (χ4n) is 1.77. The van der Waals surface area contributed by atoms with Gasteiger partial charge in [-0.2, -0.15) is 0 Å². The number of benzene rings is 1. The Morgan fingerprint density at radius 3 is 2.24 bits per heavy atom. The molecule has 6 nitrogen and oxygen atoms in total. The number of aromatic nitrogens is 3. The molecule has 1 aromatic heterocycles. The van der Waals surface area contributed by atoms with Crippen molar-refractivity contribution in [2.75, 3.05) is 4.72 Å². The van der Waals surface area contributed by atoms with Gasteiger partial charge in [-0.25, -0.2) is 18.1 Å². The van der Waals surface area contributed by atoms with Gasteiger partial charge in [0.15, 0.2) is 0 Å². The molecule has 0 aliphatic carbocycles. The smallest absolute Gasteiger partial charge is 0.246 e. The van der Waals surface area contributed by atoms with Gasteiger partial charge in [-0.1, -0.05) is 29.8 Å². The number of nitrogens with zero attached hydrogens (tertiary/aromatic N) is 3. The van der Waals surface area contributed by atoms with Gasteiger partial charge in [0, 0.05) is 4.47 Å². The molecular weight excluding hydrogens is 356 g/mol. The minimum Gasteiger partial charge on any atom is -0.246 e. The van der Waals surface area contributed by atoms with E-state index in [4.69, 9.17) is 0 Å². The number of halogens is 1. The second kappa shape index (κ2) is 6.48. The molecule has 0 aliphatic heterocycles. The van der Waals surface area contributed by atoms with Gasteiger partial charge in [0.1, 0.15) is 0 Å². The first-order chi connectivity index (χ1) is 9.96. The molecule has 1 N–H and O–H groups in total. The van der Waals surface area contributed by atoms with Crippen LogP contribution in [-0.2, 0) is 22.9 Å². The highest BCUT2D eigenvalue weighted by molar-refractivity contribution is 9.10. The average Bonchev–Trinajstić information content (AvgIpc) is 2.47. The Labute approximate surface area is 132 Å². The van der Waals surface area contributed by atoms with Crippen molar-refractivity contribution in [2.24, 2.45) is 0 Å². The Morgan fingerprint density at radius 2 is 1.67 bits per heavy atom. The molecule has 21 heavy (non-hydrogen) atoms. The maximum Gasteiger partial charge on any atom is 0.264 e. The molecule has 2 aromatic rings. The molecule has 0 atom stereocenters. The van der Waals surface area contributed by atoms with Crippen LogP contribution in [0.25, 0.3) is 0 Å². The third kappa shape index (κ3) is 3.76. The Morgan fingerprint density at radius 1 is 1.05 bits per heavy atom. The lowest BCUT2D eigenvalue weighted by Gasteiger charge is -2.08. The summed E-state index contributed by atoms with van der Waals surface area (Å²) in [6.07, 6.45) is 1.38. The molecule has 112 valence electrons. The van der Waals surface area contributed by atoms with Gasteiger partial charge in [0.05, 0.1) is 16.3 Å². The molecule has 0 saturated heterocycles. The van der Waals surface area contributed by atoms with Crippen molar-refractivity contribution in [3.8, 4) is 0 Å². The predicted octanol–water partition coefficient (Wildman–Crippen LogP) is 2.56. The largest absolute Gasteiger partial charge is 0.264 e. The van der Waals surface area contributed by atoms with Gasteiger partial charge < -0.3 is 0 Å². The molecule has 8 heteroatoms. The normalized spacial score (nSPS) is 11.4. The lowest BCUT2D eigenvalue weighted by atomic mass is 10.2. The van der Waals surface area contributed by atoms with Crippen molar-refractivity contribution in [1.82, 2.24) is 15.2 Å². The summed E-state index contributed by atoms with van der Waals surface area (Å²) in [5.41, 5.74) is 1.53. The molecule has 0 radical (unpaired) electrons. The molecular formula is C13H15BrN4O2S. The predicted molar refractivity (Wildman–Crippen MR) is 83.5 cm³/mol. The number of hydrogen-bond donors (Lipinski definition) is 1. The lowest BCUT2D eigenvalue weighted by molar-refractivity contribution is 0.600. The van der Waals surface area contributed by atoms with Crippen LogP contribution in [0.3, 0.4) is 0 Å². The second-order valence-corrected chi connectivity index (χ2v) is 6.89. The summed E-state index contributed by atoms with van der Waals surface area (Å²) in [5, 5.41) is 7.84. The maximum atomic E-state index is 12.2. The van der Waals surface area contributed by atoms with Crippen molar-refractivity contribution in [1.29, 1.82) is 0 Å². The zero-order valence-corrected chi connectivity index (χ0v) is 14.1. The van der Waals surface area contributed by atoms with Gasteiger partial charge in [-0.05, 0) is 37.1 Å². The highest BCUT2D eigenvalue weighted by Gasteiger charge is 2.16. The van der Waals surface area contributed by atoms with E-state index in [9.17, 15) is 8.42 Å². The van der Waals surface area contributed by atoms with Crippen LogP contribution in [0.1, 0.15) is 25.2 Å². The van der Waals surface area contributed by atoms with Gasteiger partial charge >= 0.3 is 0 Å². The van der Waals surface area contributed by atoms with Crippen LogP contribution in [0.5, 0.6) is 0 Å². The standard InChI is InChI=1S/C13H15BrN4O2S/c1-3-11-12(4-2)16-17-13(15-11)18-21(19,20)10-7-5-9(14)6-8-10/h5-8H,3-4H2,1-2H3,(H,15,17,18). The van der Waals surface area contributed by atoms with Crippen LogP contribution in [0.2, 0.25) is 0 Å². The van der Waals surface area contributed by atoms with Crippen LogP contribution in [0.4, 0.5) is 5.95 Å². The number of aryl methyl sites for hydroxylation is 2. The zero-order valence-electron chi connectivity index (χ0n) is 11.7. The van der Waals surface area contributed by atoms with Crippen molar-refractivity contribution in [3.63, 3.8) is 0 Å². The Bertz CT molecular complexity index is 732. The maximum absolute atomic E-state index is 12.2. The summed E-state index contributed by atoms with van der Waals surface area (Å²) in [4.78, 5) is 4.36. The lowest BCUT2D eigenvalue weighted by Crippen LogP contribution is -2.17. The molecule has 0 amide bonds. The van der Waals surface area contributed by atoms with Crippen LogP contribution in [0.15, 0.2) is 33.6 Å². The van der Waals surface area contributed by atoms with E-state index in [1.54, 1.807) is 12.1 Å². The van der Waals surface area contributed by atoms with E-state index in [1.807, 2.05) is 13.8 Å². The molecule has 1 heterocycles. The van der Waals surface area contributed by atoms with E-state index in [2.05, 4.69) is 35.8 Å². The third-order valence-corrected chi connectivity index (χ3v) is 4.73. The highest BCUT2D eigenvalue weighted by atomic mass is 79.9. The van der Waals surface area contributed by atoms with Gasteiger partial charge in [-0.15, -0.1) is 10.2 Å². The van der Waals surface area contributed by atoms with E-state index in [0.29, 0.717) is 12.8 Å². The number of rotatable bonds is 5. The molecule has 0 saturated carbocycles. The first-order valence-corrected chi connectivity index (χ1v) is 8.74. The molecule has 0 fully saturated rings. The topological polar surface area (TPSA) is 84.8 Å². The number of anilines is 1. The first-order valence-electron chi connectivity index (χ1n) is 6.47. The van der Waals surface area contributed by atoms with Crippen LogP contribution < -0.4 is 4.72 Å².